The maximum absolute atomic E-state index is 12.8. The van der Waals surface area contributed by atoms with E-state index in [0.717, 1.165) is 5.56 Å². The highest BCUT2D eigenvalue weighted by Crippen LogP contribution is 2.18. The Morgan fingerprint density at radius 2 is 1.94 bits per heavy atom. The lowest BCUT2D eigenvalue weighted by Crippen LogP contribution is -2.24. The Kier molecular flexibility index (Phi) is 6.11. The van der Waals surface area contributed by atoms with Crippen LogP contribution in [0.1, 0.15) is 25.5 Å². The summed E-state index contributed by atoms with van der Waals surface area (Å²) in [4.78, 5) is 0. The molecule has 0 saturated heterocycles. The highest BCUT2D eigenvalue weighted by Gasteiger charge is 2.14. The van der Waals surface area contributed by atoms with Crippen molar-refractivity contribution in [3.63, 3.8) is 0 Å². The Bertz CT molecular complexity index is 316. The van der Waals surface area contributed by atoms with E-state index in [1.165, 1.54) is 12.1 Å². The molecule has 1 rings (SSSR count). The first kappa shape index (κ1) is 14.1. The van der Waals surface area contributed by atoms with Gasteiger partial charge in [0.1, 0.15) is 5.82 Å². The highest BCUT2D eigenvalue weighted by molar-refractivity contribution is 5.19. The molecule has 0 bridgehead atoms. The molecule has 1 aromatic rings. The second-order valence-electron chi connectivity index (χ2n) is 3.88. The number of ether oxygens (including phenoxy) is 2. The van der Waals surface area contributed by atoms with Crippen molar-refractivity contribution in [1.82, 2.24) is 0 Å². The molecule has 0 saturated carbocycles. The van der Waals surface area contributed by atoms with Crippen LogP contribution in [0.3, 0.4) is 0 Å². The fraction of sp³-hybridized carbons (Fsp3) is 0.538. The number of hydrogen-bond donors (Lipinski definition) is 1. The van der Waals surface area contributed by atoms with Gasteiger partial charge in [-0.15, -0.1) is 0 Å². The quantitative estimate of drug-likeness (QED) is 0.796. The lowest BCUT2D eigenvalue weighted by molar-refractivity contribution is -0.0441. The highest BCUT2D eigenvalue weighted by atomic mass is 19.1. The molecule has 2 atom stereocenters. The molecule has 4 heteroatoms. The van der Waals surface area contributed by atoms with Crippen molar-refractivity contribution in [2.45, 2.75) is 26.1 Å². The predicted octanol–water partition coefficient (Wildman–Crippen LogP) is 2.27. The van der Waals surface area contributed by atoms with Crippen molar-refractivity contribution in [3.8, 4) is 0 Å². The molecular formula is C13H20FNO2. The van der Waals surface area contributed by atoms with E-state index in [1.54, 1.807) is 12.1 Å². The van der Waals surface area contributed by atoms with Crippen LogP contribution in [0.15, 0.2) is 24.3 Å². The van der Waals surface area contributed by atoms with E-state index in [4.69, 9.17) is 15.2 Å². The van der Waals surface area contributed by atoms with Crippen molar-refractivity contribution in [2.75, 3.05) is 19.8 Å². The van der Waals surface area contributed by atoms with Gasteiger partial charge in [-0.05, 0) is 31.5 Å². The van der Waals surface area contributed by atoms with Crippen LogP contribution in [0.5, 0.6) is 0 Å². The van der Waals surface area contributed by atoms with Gasteiger partial charge in [-0.2, -0.15) is 0 Å². The summed E-state index contributed by atoms with van der Waals surface area (Å²) in [5.74, 6) is -0.258. The van der Waals surface area contributed by atoms with Gasteiger partial charge in [-0.3, -0.25) is 0 Å². The van der Waals surface area contributed by atoms with Gasteiger partial charge in [0.25, 0.3) is 0 Å². The molecule has 0 heterocycles. The maximum Gasteiger partial charge on any atom is 0.123 e. The topological polar surface area (TPSA) is 44.5 Å². The molecule has 0 aliphatic carbocycles. The van der Waals surface area contributed by atoms with Crippen LogP contribution in [-0.2, 0) is 9.47 Å². The van der Waals surface area contributed by atoms with Gasteiger partial charge in [0, 0.05) is 13.2 Å². The van der Waals surface area contributed by atoms with Gasteiger partial charge in [0.2, 0.25) is 0 Å². The summed E-state index contributed by atoms with van der Waals surface area (Å²) in [5, 5.41) is 0. The van der Waals surface area contributed by atoms with Crippen LogP contribution in [0.25, 0.3) is 0 Å². The largest absolute Gasteiger partial charge is 0.379 e. The summed E-state index contributed by atoms with van der Waals surface area (Å²) in [6.07, 6.45) is -0.250. The Morgan fingerprint density at radius 3 is 2.47 bits per heavy atom. The van der Waals surface area contributed by atoms with Gasteiger partial charge in [0.15, 0.2) is 0 Å². The lowest BCUT2D eigenvalue weighted by atomic mass is 10.1. The first-order valence-corrected chi connectivity index (χ1v) is 5.86. The number of benzene rings is 1. The predicted molar refractivity (Wildman–Crippen MR) is 65.2 cm³/mol. The summed E-state index contributed by atoms with van der Waals surface area (Å²) < 4.78 is 23.8. The zero-order chi connectivity index (χ0) is 12.7. The van der Waals surface area contributed by atoms with E-state index in [2.05, 4.69) is 0 Å². The Morgan fingerprint density at radius 1 is 1.29 bits per heavy atom. The Hall–Kier alpha value is -0.970. The van der Waals surface area contributed by atoms with Crippen LogP contribution in [0, 0.1) is 5.82 Å². The van der Waals surface area contributed by atoms with Gasteiger partial charge in [-0.25, -0.2) is 4.39 Å². The fourth-order valence-electron chi connectivity index (χ4n) is 1.55. The van der Waals surface area contributed by atoms with Crippen molar-refractivity contribution in [2.24, 2.45) is 5.73 Å². The molecule has 3 nitrogen and oxygen atoms in total. The van der Waals surface area contributed by atoms with Crippen molar-refractivity contribution < 1.29 is 13.9 Å². The van der Waals surface area contributed by atoms with E-state index in [9.17, 15) is 4.39 Å². The number of nitrogens with two attached hydrogens (primary N) is 1. The monoisotopic (exact) mass is 241 g/mol. The third-order valence-corrected chi connectivity index (χ3v) is 2.41. The molecule has 1 aromatic carbocycles. The molecule has 0 aromatic heterocycles. The van der Waals surface area contributed by atoms with E-state index in [1.807, 2.05) is 13.8 Å². The number of rotatable bonds is 7. The second kappa shape index (κ2) is 7.37. The normalized spacial score (nSPS) is 14.6. The lowest BCUT2D eigenvalue weighted by Gasteiger charge is -2.21. The fourth-order valence-corrected chi connectivity index (χ4v) is 1.55. The maximum atomic E-state index is 12.8. The van der Waals surface area contributed by atoms with Crippen LogP contribution in [0.2, 0.25) is 0 Å². The molecule has 2 N–H and O–H groups in total. The van der Waals surface area contributed by atoms with E-state index >= 15 is 0 Å². The molecule has 0 fully saturated rings. The summed E-state index contributed by atoms with van der Waals surface area (Å²) in [7, 11) is 0. The molecule has 96 valence electrons. The Balaban J connectivity index is 2.56. The van der Waals surface area contributed by atoms with Crippen LogP contribution in [-0.4, -0.2) is 25.9 Å². The van der Waals surface area contributed by atoms with E-state index in [0.29, 0.717) is 19.8 Å². The first-order chi connectivity index (χ1) is 8.17. The van der Waals surface area contributed by atoms with Gasteiger partial charge in [-0.1, -0.05) is 12.1 Å². The molecule has 17 heavy (non-hydrogen) atoms. The molecular weight excluding hydrogens is 221 g/mol. The van der Waals surface area contributed by atoms with Crippen LogP contribution in [0.4, 0.5) is 4.39 Å². The van der Waals surface area contributed by atoms with Crippen molar-refractivity contribution in [3.05, 3.63) is 35.6 Å². The zero-order valence-corrected chi connectivity index (χ0v) is 10.4. The Labute approximate surface area is 102 Å². The van der Waals surface area contributed by atoms with E-state index in [-0.39, 0.29) is 18.0 Å². The third kappa shape index (κ3) is 4.81. The van der Waals surface area contributed by atoms with Crippen molar-refractivity contribution in [1.29, 1.82) is 0 Å². The smallest absolute Gasteiger partial charge is 0.123 e. The van der Waals surface area contributed by atoms with Gasteiger partial charge in [0.05, 0.1) is 18.8 Å². The number of hydrogen-bond acceptors (Lipinski definition) is 3. The molecule has 0 aliphatic heterocycles. The second-order valence-corrected chi connectivity index (χ2v) is 3.88. The van der Waals surface area contributed by atoms with Gasteiger partial charge < -0.3 is 15.2 Å². The molecule has 0 spiro atoms. The van der Waals surface area contributed by atoms with Crippen molar-refractivity contribution >= 4 is 0 Å². The SMILES string of the molecule is CCOCC(C)OC(CN)c1ccc(F)cc1. The number of halogens is 1. The standard InChI is InChI=1S/C13H20FNO2/c1-3-16-9-10(2)17-13(8-15)11-4-6-12(14)7-5-11/h4-7,10,13H,3,8-9,15H2,1-2H3. The minimum Gasteiger partial charge on any atom is -0.379 e. The molecule has 0 amide bonds. The molecule has 2 unspecified atom stereocenters. The summed E-state index contributed by atoms with van der Waals surface area (Å²) in [5.41, 5.74) is 6.55. The first-order valence-electron chi connectivity index (χ1n) is 5.86. The van der Waals surface area contributed by atoms with Crippen LogP contribution >= 0.6 is 0 Å². The minimum atomic E-state index is -0.258. The summed E-state index contributed by atoms with van der Waals surface area (Å²) >= 11 is 0. The average molecular weight is 241 g/mol. The third-order valence-electron chi connectivity index (χ3n) is 2.41. The minimum absolute atomic E-state index is 0.0337. The molecule has 0 aliphatic rings. The van der Waals surface area contributed by atoms with Gasteiger partial charge >= 0.3 is 0 Å². The van der Waals surface area contributed by atoms with E-state index < -0.39 is 0 Å². The van der Waals surface area contributed by atoms with Crippen LogP contribution < -0.4 is 5.73 Å². The zero-order valence-electron chi connectivity index (χ0n) is 10.4. The summed E-state index contributed by atoms with van der Waals surface area (Å²) in [6, 6.07) is 6.21. The molecule has 0 radical (unpaired) electrons. The summed E-state index contributed by atoms with van der Waals surface area (Å²) in [6.45, 7) is 5.43. The average Bonchev–Trinajstić information content (AvgIpc) is 2.34.